The van der Waals surface area contributed by atoms with Crippen LogP contribution in [-0.4, -0.2) is 98.3 Å². The number of nitrogens with one attached hydrogen (secondary N) is 2. The molecule has 2 heterocycles. The number of aliphatic hydroxyl groups excluding tert-OH is 1. The first kappa shape index (κ1) is 27.6. The van der Waals surface area contributed by atoms with Gasteiger partial charge in [0, 0.05) is 52.3 Å². The largest absolute Gasteiger partial charge is 0.396 e. The molecule has 0 bridgehead atoms. The van der Waals surface area contributed by atoms with E-state index in [-0.39, 0.29) is 36.2 Å². The summed E-state index contributed by atoms with van der Waals surface area (Å²) >= 11 is 0. The van der Waals surface area contributed by atoms with Gasteiger partial charge in [0.1, 0.15) is 6.04 Å². The Morgan fingerprint density at radius 2 is 1.83 bits per heavy atom. The molecule has 0 radical (unpaired) electrons. The third kappa shape index (κ3) is 6.83. The van der Waals surface area contributed by atoms with Crippen LogP contribution in [0.25, 0.3) is 0 Å². The predicted molar refractivity (Wildman–Crippen MR) is 133 cm³/mol. The second-order valence-corrected chi connectivity index (χ2v) is 9.94. The monoisotopic (exact) mass is 492 g/mol. The van der Waals surface area contributed by atoms with Gasteiger partial charge in [0.25, 0.3) is 0 Å². The first-order chi connectivity index (χ1) is 17.0. The van der Waals surface area contributed by atoms with E-state index in [1.54, 1.807) is 11.9 Å². The Morgan fingerprint density at radius 3 is 2.51 bits per heavy atom. The third-order valence-corrected chi connectivity index (χ3v) is 7.69. The molecule has 3 aliphatic rings. The molecule has 3 N–H and O–H groups in total. The second kappa shape index (κ2) is 13.9. The number of unbranched alkanes of at least 4 members (excludes halogenated alkanes) is 3. The van der Waals surface area contributed by atoms with Crippen LogP contribution in [0.15, 0.2) is 12.2 Å². The van der Waals surface area contributed by atoms with Crippen molar-refractivity contribution in [3.63, 3.8) is 0 Å². The molecule has 0 aromatic carbocycles. The molecule has 0 spiro atoms. The Labute approximate surface area is 209 Å². The van der Waals surface area contributed by atoms with Crippen LogP contribution in [0.2, 0.25) is 0 Å². The van der Waals surface area contributed by atoms with Crippen molar-refractivity contribution in [3.8, 4) is 0 Å². The molecule has 0 unspecified atom stereocenters. The van der Waals surface area contributed by atoms with Crippen molar-refractivity contribution in [2.75, 3.05) is 59.6 Å². The van der Waals surface area contributed by atoms with Crippen molar-refractivity contribution in [2.24, 2.45) is 23.7 Å². The molecule has 198 valence electrons. The lowest BCUT2D eigenvalue weighted by Gasteiger charge is -2.34. The SMILES string of the molecule is CCC[C@@H]1C=C[C@H]2[C@@H](C(=O)N(CCCCCCO)[C@@H]2C(=O)NCCN2CCOCC2)[C@@H]1C(=O)NC. The highest BCUT2D eigenvalue weighted by Crippen LogP contribution is 2.45. The number of nitrogens with zero attached hydrogens (tertiary/aromatic N) is 2. The van der Waals surface area contributed by atoms with E-state index in [4.69, 9.17) is 9.84 Å². The summed E-state index contributed by atoms with van der Waals surface area (Å²) in [4.78, 5) is 44.2. The summed E-state index contributed by atoms with van der Waals surface area (Å²) in [6.07, 6.45) is 9.15. The van der Waals surface area contributed by atoms with Crippen molar-refractivity contribution >= 4 is 17.7 Å². The molecular weight excluding hydrogens is 448 g/mol. The van der Waals surface area contributed by atoms with E-state index in [0.29, 0.717) is 26.3 Å². The minimum Gasteiger partial charge on any atom is -0.396 e. The van der Waals surface area contributed by atoms with Crippen molar-refractivity contribution in [1.29, 1.82) is 0 Å². The fraction of sp³-hybridized carbons (Fsp3) is 0.808. The maximum absolute atomic E-state index is 13.7. The van der Waals surface area contributed by atoms with Gasteiger partial charge in [-0.15, -0.1) is 0 Å². The smallest absolute Gasteiger partial charge is 0.243 e. The number of morpholine rings is 1. The van der Waals surface area contributed by atoms with Gasteiger partial charge in [0.2, 0.25) is 17.7 Å². The Kier molecular flexibility index (Phi) is 11.0. The molecule has 2 saturated heterocycles. The van der Waals surface area contributed by atoms with E-state index >= 15 is 0 Å². The summed E-state index contributed by atoms with van der Waals surface area (Å²) in [6.45, 7) is 7.15. The number of carbonyl (C=O) groups is 3. The summed E-state index contributed by atoms with van der Waals surface area (Å²) < 4.78 is 5.39. The van der Waals surface area contributed by atoms with Gasteiger partial charge in [-0.25, -0.2) is 0 Å². The maximum atomic E-state index is 13.7. The molecule has 9 heteroatoms. The van der Waals surface area contributed by atoms with Gasteiger partial charge < -0.3 is 25.4 Å². The normalized spacial score (nSPS) is 28.7. The number of rotatable bonds is 13. The number of carbonyl (C=O) groups excluding carboxylic acids is 3. The molecule has 0 saturated carbocycles. The summed E-state index contributed by atoms with van der Waals surface area (Å²) in [7, 11) is 1.62. The van der Waals surface area contributed by atoms with Crippen molar-refractivity contribution in [1.82, 2.24) is 20.4 Å². The highest BCUT2D eigenvalue weighted by atomic mass is 16.5. The molecule has 0 aromatic heterocycles. The van der Waals surface area contributed by atoms with Gasteiger partial charge >= 0.3 is 0 Å². The fourth-order valence-electron chi connectivity index (χ4n) is 5.89. The Bertz CT molecular complexity index is 739. The van der Waals surface area contributed by atoms with E-state index in [2.05, 4.69) is 28.5 Å². The van der Waals surface area contributed by atoms with Crippen molar-refractivity contribution in [3.05, 3.63) is 12.2 Å². The minimum absolute atomic E-state index is 0.000291. The van der Waals surface area contributed by atoms with Gasteiger partial charge in [-0.05, 0) is 25.2 Å². The molecule has 3 amide bonds. The third-order valence-electron chi connectivity index (χ3n) is 7.69. The number of allylic oxidation sites excluding steroid dienone is 1. The number of likely N-dealkylation sites (tertiary alicyclic amines) is 1. The van der Waals surface area contributed by atoms with E-state index in [1.165, 1.54) is 0 Å². The highest BCUT2D eigenvalue weighted by Gasteiger charge is 2.56. The van der Waals surface area contributed by atoms with Gasteiger partial charge in [-0.1, -0.05) is 38.3 Å². The fourth-order valence-corrected chi connectivity index (χ4v) is 5.89. The summed E-state index contributed by atoms with van der Waals surface area (Å²) in [5.41, 5.74) is 0. The Hall–Kier alpha value is -1.97. The average Bonchev–Trinajstić information content (AvgIpc) is 3.15. The lowest BCUT2D eigenvalue weighted by Crippen LogP contribution is -2.49. The molecule has 2 fully saturated rings. The zero-order chi connectivity index (χ0) is 25.2. The minimum atomic E-state index is -0.596. The first-order valence-electron chi connectivity index (χ1n) is 13.4. The highest BCUT2D eigenvalue weighted by molar-refractivity contribution is 5.96. The van der Waals surface area contributed by atoms with Crippen LogP contribution in [0, 0.1) is 23.7 Å². The average molecular weight is 493 g/mol. The molecule has 5 atom stereocenters. The number of hydrogen-bond donors (Lipinski definition) is 3. The Balaban J connectivity index is 1.75. The Morgan fingerprint density at radius 1 is 1.09 bits per heavy atom. The van der Waals surface area contributed by atoms with Gasteiger partial charge in [-0.2, -0.15) is 0 Å². The van der Waals surface area contributed by atoms with E-state index in [9.17, 15) is 14.4 Å². The molecule has 9 nitrogen and oxygen atoms in total. The molecule has 35 heavy (non-hydrogen) atoms. The zero-order valence-corrected chi connectivity index (χ0v) is 21.4. The van der Waals surface area contributed by atoms with Crippen LogP contribution in [-0.2, 0) is 19.1 Å². The van der Waals surface area contributed by atoms with Crippen LogP contribution in [0.4, 0.5) is 0 Å². The number of amides is 3. The number of hydrogen-bond acceptors (Lipinski definition) is 6. The standard InChI is InChI=1S/C26H44N4O5/c1-3-8-19-9-10-20-22(21(19)24(32)27-2)26(34)30(12-6-4-5-7-16-31)23(20)25(33)28-11-13-29-14-17-35-18-15-29/h9-10,19-23,31H,3-8,11-18H2,1-2H3,(H,27,32)(H,28,33)/t19-,20+,21-,22-,23+/m1/s1. The maximum Gasteiger partial charge on any atom is 0.243 e. The molecular formula is C26H44N4O5. The number of ether oxygens (including phenoxy) is 1. The zero-order valence-electron chi connectivity index (χ0n) is 21.4. The van der Waals surface area contributed by atoms with Gasteiger partial charge in [-0.3, -0.25) is 19.3 Å². The topological polar surface area (TPSA) is 111 Å². The predicted octanol–water partition coefficient (Wildman–Crippen LogP) is 0.779. The molecule has 0 aromatic rings. The van der Waals surface area contributed by atoms with Gasteiger partial charge in [0.15, 0.2) is 0 Å². The lowest BCUT2D eigenvalue weighted by atomic mass is 9.68. The van der Waals surface area contributed by atoms with E-state index < -0.39 is 17.9 Å². The van der Waals surface area contributed by atoms with Crippen LogP contribution in [0.3, 0.4) is 0 Å². The van der Waals surface area contributed by atoms with Crippen LogP contribution in [0.5, 0.6) is 0 Å². The summed E-state index contributed by atoms with van der Waals surface area (Å²) in [5, 5.41) is 14.9. The van der Waals surface area contributed by atoms with Crippen LogP contribution < -0.4 is 10.6 Å². The summed E-state index contributed by atoms with van der Waals surface area (Å²) in [5.74, 6) is -1.60. The molecule has 3 rings (SSSR count). The lowest BCUT2D eigenvalue weighted by molar-refractivity contribution is -0.140. The molecule has 2 aliphatic heterocycles. The number of aliphatic hydroxyl groups is 1. The van der Waals surface area contributed by atoms with Crippen LogP contribution in [0.1, 0.15) is 45.4 Å². The van der Waals surface area contributed by atoms with E-state index in [0.717, 1.165) is 58.2 Å². The second-order valence-electron chi connectivity index (χ2n) is 9.94. The van der Waals surface area contributed by atoms with Crippen molar-refractivity contribution < 1.29 is 24.2 Å². The van der Waals surface area contributed by atoms with Gasteiger partial charge in [0.05, 0.1) is 25.0 Å². The summed E-state index contributed by atoms with van der Waals surface area (Å²) in [6, 6.07) is -0.596. The molecule has 1 aliphatic carbocycles. The first-order valence-corrected chi connectivity index (χ1v) is 13.4. The van der Waals surface area contributed by atoms with Crippen molar-refractivity contribution in [2.45, 2.75) is 51.5 Å². The van der Waals surface area contributed by atoms with E-state index in [1.807, 2.05) is 6.08 Å². The quantitative estimate of drug-likeness (QED) is 0.259. The van der Waals surface area contributed by atoms with Crippen LogP contribution >= 0.6 is 0 Å². The number of fused-ring (bicyclic) bond motifs is 1.